The number of hydrogen-bond donors (Lipinski definition) is 4. The average molecular weight is 514 g/mol. The molecule has 0 bridgehead atoms. The first-order valence-electron chi connectivity index (χ1n) is 13.4. The molecule has 0 saturated heterocycles. The van der Waals surface area contributed by atoms with Gasteiger partial charge in [-0.05, 0) is 58.2 Å². The minimum absolute atomic E-state index is 0.0814. The summed E-state index contributed by atoms with van der Waals surface area (Å²) in [4.78, 5) is 18.7. The molecule has 1 aromatic rings. The van der Waals surface area contributed by atoms with E-state index in [9.17, 15) is 13.2 Å². The molecule has 1 aliphatic carbocycles. The first-order chi connectivity index (χ1) is 16.8. The SMILES string of the molecule is CCC(C)NC(=O)NCc1nc([C@@H](CCC2CCCCC2)NS(=O)(=O)CCCN(CC)CC)n[nH]1. The third-order valence-electron chi connectivity index (χ3n) is 6.96. The number of carbonyl (C=O) groups is 1. The zero-order valence-corrected chi connectivity index (χ0v) is 22.9. The second-order valence-electron chi connectivity index (χ2n) is 9.73. The lowest BCUT2D eigenvalue weighted by Gasteiger charge is -2.24. The van der Waals surface area contributed by atoms with E-state index in [1.165, 1.54) is 32.1 Å². The highest BCUT2D eigenvalue weighted by Gasteiger charge is 2.25. The van der Waals surface area contributed by atoms with Gasteiger partial charge in [0.2, 0.25) is 10.0 Å². The lowest BCUT2D eigenvalue weighted by molar-refractivity contribution is 0.237. The molecular weight excluding hydrogens is 466 g/mol. The van der Waals surface area contributed by atoms with Crippen LogP contribution in [0.5, 0.6) is 0 Å². The summed E-state index contributed by atoms with van der Waals surface area (Å²) in [5.41, 5.74) is 0. The summed E-state index contributed by atoms with van der Waals surface area (Å²) in [6.45, 7) is 10.9. The molecule has 0 radical (unpaired) electrons. The maximum absolute atomic E-state index is 12.9. The first kappa shape index (κ1) is 29.5. The summed E-state index contributed by atoms with van der Waals surface area (Å²) in [6, 6.07) is -0.657. The fourth-order valence-corrected chi connectivity index (χ4v) is 5.78. The van der Waals surface area contributed by atoms with Crippen LogP contribution < -0.4 is 15.4 Å². The van der Waals surface area contributed by atoms with Crippen molar-refractivity contribution in [1.82, 2.24) is 35.4 Å². The predicted molar refractivity (Wildman–Crippen MR) is 139 cm³/mol. The Morgan fingerprint density at radius 1 is 1.17 bits per heavy atom. The van der Waals surface area contributed by atoms with Gasteiger partial charge in [-0.3, -0.25) is 5.10 Å². The number of nitrogens with one attached hydrogen (secondary N) is 4. The van der Waals surface area contributed by atoms with Gasteiger partial charge in [0.25, 0.3) is 0 Å². The standard InChI is InChI=1S/C24H47N7O3S/c1-5-19(4)26-24(32)25-18-22-27-23(29-28-22)21(15-14-20-12-9-8-10-13-20)30-35(33,34)17-11-16-31(6-2)7-3/h19-21,30H,5-18H2,1-4H3,(H2,25,26,32)(H,27,28,29)/t19?,21-/m1/s1. The van der Waals surface area contributed by atoms with Gasteiger partial charge in [-0.25, -0.2) is 22.9 Å². The van der Waals surface area contributed by atoms with E-state index in [-0.39, 0.29) is 24.4 Å². The van der Waals surface area contributed by atoms with Crippen LogP contribution in [0.2, 0.25) is 0 Å². The molecule has 2 amide bonds. The number of rotatable bonds is 16. The summed E-state index contributed by atoms with van der Waals surface area (Å²) in [7, 11) is -3.48. The highest BCUT2D eigenvalue weighted by atomic mass is 32.2. The molecule has 1 aliphatic rings. The van der Waals surface area contributed by atoms with Gasteiger partial charge in [-0.2, -0.15) is 5.10 Å². The molecule has 4 N–H and O–H groups in total. The molecule has 0 aliphatic heterocycles. The normalized spacial score (nSPS) is 16.8. The molecule has 35 heavy (non-hydrogen) atoms. The van der Waals surface area contributed by atoms with E-state index in [4.69, 9.17) is 0 Å². The molecular formula is C24H47N7O3S. The largest absolute Gasteiger partial charge is 0.336 e. The molecule has 0 spiro atoms. The van der Waals surface area contributed by atoms with Crippen molar-refractivity contribution in [2.24, 2.45) is 5.92 Å². The molecule has 1 fully saturated rings. The van der Waals surface area contributed by atoms with Gasteiger partial charge >= 0.3 is 6.03 Å². The van der Waals surface area contributed by atoms with Crippen LogP contribution >= 0.6 is 0 Å². The van der Waals surface area contributed by atoms with Crippen molar-refractivity contribution in [3.8, 4) is 0 Å². The minimum atomic E-state index is -3.48. The van der Waals surface area contributed by atoms with Crippen molar-refractivity contribution in [2.45, 2.75) is 104 Å². The minimum Gasteiger partial charge on any atom is -0.336 e. The van der Waals surface area contributed by atoms with E-state index in [0.717, 1.165) is 32.5 Å². The first-order valence-corrected chi connectivity index (χ1v) is 15.1. The summed E-state index contributed by atoms with van der Waals surface area (Å²) >= 11 is 0. The van der Waals surface area contributed by atoms with E-state index < -0.39 is 16.1 Å². The molecule has 202 valence electrons. The fourth-order valence-electron chi connectivity index (χ4n) is 4.50. The number of nitrogens with zero attached hydrogens (tertiary/aromatic N) is 3. The van der Waals surface area contributed by atoms with E-state index in [2.05, 4.69) is 49.3 Å². The third-order valence-corrected chi connectivity index (χ3v) is 8.43. The molecule has 2 rings (SSSR count). The highest BCUT2D eigenvalue weighted by Crippen LogP contribution is 2.30. The lowest BCUT2D eigenvalue weighted by atomic mass is 9.85. The summed E-state index contributed by atoms with van der Waals surface area (Å²) in [6.07, 6.45) is 9.25. The molecule has 1 unspecified atom stereocenters. The second kappa shape index (κ2) is 15.4. The van der Waals surface area contributed by atoms with Crippen LogP contribution in [0.25, 0.3) is 0 Å². The van der Waals surface area contributed by atoms with E-state index in [1.54, 1.807) is 0 Å². The number of sulfonamides is 1. The molecule has 1 saturated carbocycles. The topological polar surface area (TPSA) is 132 Å². The smallest absolute Gasteiger partial charge is 0.315 e. The molecule has 1 heterocycles. The summed E-state index contributed by atoms with van der Waals surface area (Å²) in [5.74, 6) is 1.65. The maximum Gasteiger partial charge on any atom is 0.315 e. The Kier molecular flexibility index (Phi) is 13.0. The summed E-state index contributed by atoms with van der Waals surface area (Å²) in [5, 5.41) is 12.8. The Morgan fingerprint density at radius 2 is 1.89 bits per heavy atom. The van der Waals surface area contributed by atoms with Crippen molar-refractivity contribution < 1.29 is 13.2 Å². The molecule has 0 aromatic carbocycles. The fraction of sp³-hybridized carbons (Fsp3) is 0.875. The molecule has 1 aromatic heterocycles. The van der Waals surface area contributed by atoms with Crippen molar-refractivity contribution >= 4 is 16.1 Å². The van der Waals surface area contributed by atoms with Gasteiger partial charge in [0.1, 0.15) is 5.82 Å². The van der Waals surface area contributed by atoms with E-state index in [1.807, 2.05) is 13.8 Å². The van der Waals surface area contributed by atoms with Crippen LogP contribution in [0.3, 0.4) is 0 Å². The van der Waals surface area contributed by atoms with Crippen LogP contribution in [0.15, 0.2) is 0 Å². The Hall–Kier alpha value is -1.72. The third kappa shape index (κ3) is 11.3. The van der Waals surface area contributed by atoms with E-state index in [0.29, 0.717) is 30.4 Å². The maximum atomic E-state index is 12.9. The second-order valence-corrected chi connectivity index (χ2v) is 11.6. The van der Waals surface area contributed by atoms with Gasteiger partial charge in [-0.15, -0.1) is 0 Å². The Morgan fingerprint density at radius 3 is 2.54 bits per heavy atom. The number of carbonyl (C=O) groups excluding carboxylic acids is 1. The number of hydrogen-bond acceptors (Lipinski definition) is 6. The van der Waals surface area contributed by atoms with Crippen LogP contribution in [0.4, 0.5) is 4.79 Å². The molecule has 2 atom stereocenters. The van der Waals surface area contributed by atoms with Gasteiger partial charge in [0.05, 0.1) is 18.3 Å². The molecule has 11 heteroatoms. The molecule has 10 nitrogen and oxygen atoms in total. The van der Waals surface area contributed by atoms with Gasteiger partial charge in [0.15, 0.2) is 5.82 Å². The highest BCUT2D eigenvalue weighted by molar-refractivity contribution is 7.89. The number of aromatic amines is 1. The lowest BCUT2D eigenvalue weighted by Crippen LogP contribution is -2.40. The van der Waals surface area contributed by atoms with Crippen molar-refractivity contribution in [2.75, 3.05) is 25.4 Å². The Balaban J connectivity index is 2.00. The van der Waals surface area contributed by atoms with Crippen molar-refractivity contribution in [3.05, 3.63) is 11.6 Å². The number of urea groups is 1. The monoisotopic (exact) mass is 513 g/mol. The van der Waals surface area contributed by atoms with Gasteiger partial charge in [-0.1, -0.05) is 52.9 Å². The quantitative estimate of drug-likeness (QED) is 0.268. The number of H-pyrrole nitrogens is 1. The van der Waals surface area contributed by atoms with Crippen molar-refractivity contribution in [3.63, 3.8) is 0 Å². The summed E-state index contributed by atoms with van der Waals surface area (Å²) < 4.78 is 28.7. The van der Waals surface area contributed by atoms with Crippen LogP contribution in [-0.2, 0) is 16.6 Å². The Bertz CT molecular complexity index is 836. The zero-order valence-electron chi connectivity index (χ0n) is 22.1. The van der Waals surface area contributed by atoms with Gasteiger partial charge in [0, 0.05) is 6.04 Å². The number of amides is 2. The number of aromatic nitrogens is 3. The van der Waals surface area contributed by atoms with Gasteiger partial charge < -0.3 is 15.5 Å². The zero-order chi connectivity index (χ0) is 25.7. The van der Waals surface area contributed by atoms with Crippen molar-refractivity contribution in [1.29, 1.82) is 0 Å². The predicted octanol–water partition coefficient (Wildman–Crippen LogP) is 3.46. The Labute approximate surface area is 211 Å². The van der Waals surface area contributed by atoms with Crippen LogP contribution in [0.1, 0.15) is 103 Å². The van der Waals surface area contributed by atoms with E-state index >= 15 is 0 Å². The van der Waals surface area contributed by atoms with Crippen LogP contribution in [-0.4, -0.2) is 66.0 Å². The van der Waals surface area contributed by atoms with Crippen LogP contribution in [0, 0.1) is 5.92 Å². The average Bonchev–Trinajstić information content (AvgIpc) is 3.32.